The quantitative estimate of drug-likeness (QED) is 0.184. The van der Waals surface area contributed by atoms with Gasteiger partial charge in [-0.2, -0.15) is 0 Å². The zero-order chi connectivity index (χ0) is 36.8. The average Bonchev–Trinajstić information content (AvgIpc) is 3.67. The Bertz CT molecular complexity index is 2960. The van der Waals surface area contributed by atoms with Crippen LogP contribution in [-0.4, -0.2) is 17.4 Å². The largest absolute Gasteiger partial charge is 0.355 e. The fraction of sp³-hybridized carbons (Fsp3) is 0.216. The Balaban J connectivity index is 1.30. The summed E-state index contributed by atoms with van der Waals surface area (Å²) >= 11 is 0. The second-order valence-corrected chi connectivity index (χ2v) is 17.7. The molecule has 0 spiro atoms. The molecule has 55 heavy (non-hydrogen) atoms. The second-order valence-electron chi connectivity index (χ2n) is 17.7. The third-order valence-electron chi connectivity index (χ3n) is 14.7. The molecular formula is C51H44BN3. The molecule has 3 aliphatic heterocycles. The van der Waals surface area contributed by atoms with E-state index >= 15 is 0 Å². The predicted molar refractivity (Wildman–Crippen MR) is 235 cm³/mol. The fourth-order valence-electron chi connectivity index (χ4n) is 11.8. The van der Waals surface area contributed by atoms with Crippen molar-refractivity contribution >= 4 is 73.5 Å². The summed E-state index contributed by atoms with van der Waals surface area (Å²) in [4.78, 5) is 2.84. The van der Waals surface area contributed by atoms with Gasteiger partial charge in [0, 0.05) is 49.9 Å². The maximum absolute atomic E-state index is 3.84. The Morgan fingerprint density at radius 3 is 2.24 bits per heavy atom. The Kier molecular flexibility index (Phi) is 6.16. The van der Waals surface area contributed by atoms with Crippen molar-refractivity contribution in [3.63, 3.8) is 0 Å². The number of benzene rings is 7. The van der Waals surface area contributed by atoms with Gasteiger partial charge in [-0.05, 0) is 94.7 Å². The van der Waals surface area contributed by atoms with Crippen LogP contribution in [-0.2, 0) is 10.8 Å². The number of hydrogen-bond donors (Lipinski definition) is 1. The van der Waals surface area contributed by atoms with E-state index in [9.17, 15) is 0 Å². The number of anilines is 4. The number of nitrogens with zero attached hydrogens (tertiary/aromatic N) is 2. The molecule has 1 aliphatic carbocycles. The normalized spacial score (nSPS) is 21.2. The van der Waals surface area contributed by atoms with E-state index in [0.29, 0.717) is 0 Å². The summed E-state index contributed by atoms with van der Waals surface area (Å²) in [5.74, 6) is 0. The lowest BCUT2D eigenvalue weighted by molar-refractivity contribution is 0.195. The summed E-state index contributed by atoms with van der Waals surface area (Å²) in [6.07, 6.45) is 4.88. The zero-order valence-electron chi connectivity index (χ0n) is 32.1. The number of aromatic nitrogens is 1. The van der Waals surface area contributed by atoms with Crippen LogP contribution >= 0.6 is 0 Å². The standard InChI is InChI=1S/C51H44BN3/c1-49(2)37-23-16-24-39-46(37)54-47-38(49)29-31-17-8-9-20-33(31)43(47)44-42(55-41-26-13-11-22-36(41)50(3)27-14-15-28-51(50,55)4)30-35(45(52-39)48(44)54)34-21-10-12-25-40(34)53-32-18-6-5-7-19-32/h5-13,16-26,29-30,52-53H,14-15,27-28H2,1-4H3. The van der Waals surface area contributed by atoms with Crippen LogP contribution in [0.25, 0.3) is 49.4 Å². The van der Waals surface area contributed by atoms with Crippen molar-refractivity contribution in [1.82, 2.24) is 4.57 Å². The Morgan fingerprint density at radius 2 is 1.35 bits per heavy atom. The van der Waals surface area contributed by atoms with Gasteiger partial charge in [-0.25, -0.2) is 0 Å². The van der Waals surface area contributed by atoms with E-state index < -0.39 is 0 Å². The molecule has 8 aromatic rings. The molecule has 0 saturated heterocycles. The van der Waals surface area contributed by atoms with Gasteiger partial charge in [0.05, 0.1) is 22.3 Å². The van der Waals surface area contributed by atoms with Gasteiger partial charge in [0.15, 0.2) is 7.28 Å². The molecule has 4 aliphatic rings. The van der Waals surface area contributed by atoms with Gasteiger partial charge >= 0.3 is 0 Å². The summed E-state index contributed by atoms with van der Waals surface area (Å²) in [6.45, 7) is 10.0. The van der Waals surface area contributed by atoms with Crippen molar-refractivity contribution in [3.8, 4) is 16.8 Å². The van der Waals surface area contributed by atoms with E-state index in [0.717, 1.165) is 25.1 Å². The lowest BCUT2D eigenvalue weighted by Crippen LogP contribution is -2.54. The van der Waals surface area contributed by atoms with Gasteiger partial charge in [-0.15, -0.1) is 0 Å². The van der Waals surface area contributed by atoms with Crippen molar-refractivity contribution in [2.45, 2.75) is 69.7 Å². The first-order chi connectivity index (χ1) is 26.8. The molecule has 12 rings (SSSR count). The van der Waals surface area contributed by atoms with E-state index in [4.69, 9.17) is 0 Å². The van der Waals surface area contributed by atoms with Crippen LogP contribution in [0, 0.1) is 0 Å². The molecule has 4 heteroatoms. The molecule has 7 aromatic carbocycles. The van der Waals surface area contributed by atoms with Gasteiger partial charge in [-0.3, -0.25) is 0 Å². The molecule has 1 N–H and O–H groups in total. The average molecular weight is 710 g/mol. The molecule has 1 fully saturated rings. The number of hydrogen-bond acceptors (Lipinski definition) is 2. The summed E-state index contributed by atoms with van der Waals surface area (Å²) in [6, 6.07) is 50.4. The molecule has 0 bridgehead atoms. The minimum atomic E-state index is -0.154. The maximum Gasteiger partial charge on any atom is 0.198 e. The van der Waals surface area contributed by atoms with E-state index in [1.165, 1.54) is 108 Å². The molecule has 0 amide bonds. The Labute approximate surface area is 323 Å². The highest BCUT2D eigenvalue weighted by molar-refractivity contribution is 6.74. The Morgan fingerprint density at radius 1 is 0.600 bits per heavy atom. The highest BCUT2D eigenvalue weighted by atomic mass is 15.3. The molecule has 2 atom stereocenters. The third-order valence-corrected chi connectivity index (χ3v) is 14.7. The topological polar surface area (TPSA) is 20.2 Å². The molecular weight excluding hydrogens is 665 g/mol. The second kappa shape index (κ2) is 10.7. The monoisotopic (exact) mass is 709 g/mol. The first kappa shape index (κ1) is 31.6. The van der Waals surface area contributed by atoms with E-state index in [-0.39, 0.29) is 16.4 Å². The van der Waals surface area contributed by atoms with Crippen LogP contribution in [0.4, 0.5) is 22.7 Å². The van der Waals surface area contributed by atoms with E-state index in [2.05, 4.69) is 176 Å². The highest BCUT2D eigenvalue weighted by Gasteiger charge is 2.58. The molecule has 2 unspecified atom stereocenters. The molecule has 3 nitrogen and oxygen atoms in total. The van der Waals surface area contributed by atoms with Crippen LogP contribution < -0.4 is 21.1 Å². The minimum Gasteiger partial charge on any atom is -0.355 e. The van der Waals surface area contributed by atoms with Crippen molar-refractivity contribution in [1.29, 1.82) is 0 Å². The van der Waals surface area contributed by atoms with E-state index in [1.54, 1.807) is 0 Å². The molecule has 266 valence electrons. The van der Waals surface area contributed by atoms with Crippen LogP contribution in [0.15, 0.2) is 133 Å². The van der Waals surface area contributed by atoms with Crippen molar-refractivity contribution in [2.75, 3.05) is 10.2 Å². The molecule has 1 saturated carbocycles. The lowest BCUT2D eigenvalue weighted by Gasteiger charge is -2.50. The number of rotatable bonds is 4. The molecule has 4 heterocycles. The molecule has 1 aromatic heterocycles. The van der Waals surface area contributed by atoms with Gasteiger partial charge < -0.3 is 14.8 Å². The predicted octanol–water partition coefficient (Wildman–Crippen LogP) is 11.4. The highest BCUT2D eigenvalue weighted by Crippen LogP contribution is 2.63. The smallest absolute Gasteiger partial charge is 0.198 e. The summed E-state index contributed by atoms with van der Waals surface area (Å²) in [5, 5.41) is 9.32. The third kappa shape index (κ3) is 3.88. The van der Waals surface area contributed by atoms with Crippen molar-refractivity contribution in [2.24, 2.45) is 0 Å². The number of nitrogens with one attached hydrogen (secondary N) is 1. The van der Waals surface area contributed by atoms with Crippen LogP contribution in [0.5, 0.6) is 0 Å². The summed E-state index contributed by atoms with van der Waals surface area (Å²) in [5.41, 5.74) is 18.7. The molecule has 0 radical (unpaired) electrons. The minimum absolute atomic E-state index is 0.0398. The van der Waals surface area contributed by atoms with Gasteiger partial charge in [-0.1, -0.05) is 136 Å². The van der Waals surface area contributed by atoms with Crippen molar-refractivity contribution < 1.29 is 0 Å². The van der Waals surface area contributed by atoms with Gasteiger partial charge in [0.2, 0.25) is 0 Å². The number of para-hydroxylation sites is 4. The summed E-state index contributed by atoms with van der Waals surface area (Å²) in [7, 11) is 0.889. The maximum atomic E-state index is 3.84. The van der Waals surface area contributed by atoms with Crippen LogP contribution in [0.2, 0.25) is 0 Å². The van der Waals surface area contributed by atoms with Crippen LogP contribution in [0.1, 0.15) is 70.1 Å². The van der Waals surface area contributed by atoms with Gasteiger partial charge in [0.1, 0.15) is 0 Å². The summed E-state index contributed by atoms with van der Waals surface area (Å²) < 4.78 is 2.73. The van der Waals surface area contributed by atoms with Gasteiger partial charge in [0.25, 0.3) is 0 Å². The Hall–Kier alpha value is -5.74. The van der Waals surface area contributed by atoms with Crippen LogP contribution in [0.3, 0.4) is 0 Å². The first-order valence-corrected chi connectivity index (χ1v) is 20.3. The zero-order valence-corrected chi connectivity index (χ0v) is 32.1. The number of fused-ring (bicyclic) bond motifs is 6. The first-order valence-electron chi connectivity index (χ1n) is 20.3. The SMILES string of the molecule is CC1(C)c2cccc3c2-n2c4c(c(-c5ccccc5Nc5ccccc5)cc(N5c6ccccc6C6(C)CCCCC56C)c4c4c5ccccc5cc1c42)B3. The van der Waals surface area contributed by atoms with E-state index in [1.807, 2.05) is 0 Å². The van der Waals surface area contributed by atoms with Crippen molar-refractivity contribution in [3.05, 3.63) is 150 Å². The lowest BCUT2D eigenvalue weighted by atomic mass is 9.57. The fourth-order valence-corrected chi connectivity index (χ4v) is 11.8.